The summed E-state index contributed by atoms with van der Waals surface area (Å²) >= 11 is 1.36. The van der Waals surface area contributed by atoms with Gasteiger partial charge in [0.2, 0.25) is 0 Å². The summed E-state index contributed by atoms with van der Waals surface area (Å²) in [5.41, 5.74) is 3.08. The van der Waals surface area contributed by atoms with Crippen molar-refractivity contribution in [2.75, 3.05) is 5.32 Å². The molecular weight excluding hydrogens is 384 g/mol. The minimum Gasteiger partial charge on any atom is -0.296 e. The van der Waals surface area contributed by atoms with Crippen LogP contribution in [-0.4, -0.2) is 20.7 Å². The van der Waals surface area contributed by atoms with Gasteiger partial charge < -0.3 is 0 Å². The van der Waals surface area contributed by atoms with Crippen LogP contribution in [0.4, 0.5) is 5.13 Å². The zero-order valence-corrected chi connectivity index (χ0v) is 17.0. The number of nitrogens with zero attached hydrogens (tertiary/aromatic N) is 3. The smallest absolute Gasteiger partial charge is 0.278 e. The molecule has 0 unspecified atom stereocenters. The van der Waals surface area contributed by atoms with Crippen molar-refractivity contribution in [2.24, 2.45) is 7.05 Å². The van der Waals surface area contributed by atoms with Crippen molar-refractivity contribution < 1.29 is 4.79 Å². The van der Waals surface area contributed by atoms with E-state index in [-0.39, 0.29) is 11.3 Å². The molecule has 2 aromatic heterocycles. The summed E-state index contributed by atoms with van der Waals surface area (Å²) in [5, 5.41) is 10.4. The van der Waals surface area contributed by atoms with Crippen molar-refractivity contribution in [3.63, 3.8) is 0 Å². The lowest BCUT2D eigenvalue weighted by molar-refractivity contribution is 0.102. The van der Waals surface area contributed by atoms with Crippen LogP contribution in [0.1, 0.15) is 29.4 Å². The molecular formula is C22H20N4O2S. The Labute approximate surface area is 171 Å². The van der Waals surface area contributed by atoms with Crippen molar-refractivity contribution >= 4 is 33.1 Å². The Kier molecular flexibility index (Phi) is 5.22. The van der Waals surface area contributed by atoms with E-state index in [0.29, 0.717) is 15.9 Å². The van der Waals surface area contributed by atoms with Crippen LogP contribution < -0.4 is 10.9 Å². The van der Waals surface area contributed by atoms with Gasteiger partial charge in [-0.2, -0.15) is 5.10 Å². The average molecular weight is 404 g/mol. The van der Waals surface area contributed by atoms with Crippen molar-refractivity contribution in [2.45, 2.75) is 19.8 Å². The SMILES string of the molecule is CCCc1ccc(-c2csc(NC(=O)c3nn(C)c(=O)c4ccccc34)n2)cc1. The van der Waals surface area contributed by atoms with E-state index < -0.39 is 5.91 Å². The number of amides is 1. The van der Waals surface area contributed by atoms with Gasteiger partial charge in [-0.05, 0) is 18.1 Å². The van der Waals surface area contributed by atoms with Gasteiger partial charge in [0, 0.05) is 23.4 Å². The Morgan fingerprint density at radius 3 is 2.55 bits per heavy atom. The first-order valence-electron chi connectivity index (χ1n) is 9.39. The van der Waals surface area contributed by atoms with Crippen molar-refractivity contribution in [1.29, 1.82) is 0 Å². The van der Waals surface area contributed by atoms with Gasteiger partial charge in [-0.1, -0.05) is 55.8 Å². The fourth-order valence-corrected chi connectivity index (χ4v) is 3.93. The fraction of sp³-hybridized carbons (Fsp3) is 0.182. The summed E-state index contributed by atoms with van der Waals surface area (Å²) in [6.07, 6.45) is 2.17. The molecule has 0 saturated heterocycles. The van der Waals surface area contributed by atoms with Gasteiger partial charge in [0.15, 0.2) is 10.8 Å². The van der Waals surface area contributed by atoms with E-state index in [1.54, 1.807) is 24.3 Å². The lowest BCUT2D eigenvalue weighted by atomic mass is 10.1. The normalized spacial score (nSPS) is 11.0. The van der Waals surface area contributed by atoms with E-state index in [1.165, 1.54) is 28.6 Å². The van der Waals surface area contributed by atoms with Crippen molar-refractivity contribution in [3.8, 4) is 11.3 Å². The maximum Gasteiger partial charge on any atom is 0.278 e. The largest absolute Gasteiger partial charge is 0.296 e. The maximum absolute atomic E-state index is 12.8. The molecule has 0 aliphatic carbocycles. The van der Waals surface area contributed by atoms with Crippen LogP contribution in [0.15, 0.2) is 58.7 Å². The predicted octanol–water partition coefficient (Wildman–Crippen LogP) is 4.26. The molecule has 2 heterocycles. The quantitative estimate of drug-likeness (QED) is 0.539. The average Bonchev–Trinajstić information content (AvgIpc) is 3.20. The zero-order valence-electron chi connectivity index (χ0n) is 16.2. The highest BCUT2D eigenvalue weighted by Crippen LogP contribution is 2.26. The zero-order chi connectivity index (χ0) is 20.4. The number of benzene rings is 2. The third kappa shape index (κ3) is 3.82. The minimum atomic E-state index is -0.393. The number of nitrogens with one attached hydrogen (secondary N) is 1. The third-order valence-corrected chi connectivity index (χ3v) is 5.44. The number of hydrogen-bond acceptors (Lipinski definition) is 5. The molecule has 0 fully saturated rings. The highest BCUT2D eigenvalue weighted by Gasteiger charge is 2.17. The summed E-state index contributed by atoms with van der Waals surface area (Å²) in [6.45, 7) is 2.16. The number of hydrogen-bond donors (Lipinski definition) is 1. The standard InChI is InChI=1S/C22H20N4O2S/c1-3-6-14-9-11-15(12-10-14)18-13-29-22(23-18)24-20(27)19-16-7-4-5-8-17(16)21(28)26(2)25-19/h4-5,7-13H,3,6H2,1-2H3,(H,23,24,27). The Hall–Kier alpha value is -3.32. The van der Waals surface area contributed by atoms with E-state index in [1.807, 2.05) is 17.5 Å². The van der Waals surface area contributed by atoms with Gasteiger partial charge in [-0.25, -0.2) is 9.67 Å². The number of aromatic nitrogens is 3. The Morgan fingerprint density at radius 1 is 1.10 bits per heavy atom. The second kappa shape index (κ2) is 7.97. The Morgan fingerprint density at radius 2 is 1.83 bits per heavy atom. The maximum atomic E-state index is 12.8. The van der Waals surface area contributed by atoms with Crippen LogP contribution in [-0.2, 0) is 13.5 Å². The lowest BCUT2D eigenvalue weighted by Gasteiger charge is -2.07. The van der Waals surface area contributed by atoms with Crippen LogP contribution in [0.5, 0.6) is 0 Å². The van der Waals surface area contributed by atoms with E-state index in [2.05, 4.69) is 34.5 Å². The molecule has 7 heteroatoms. The Bertz CT molecular complexity index is 1240. The molecule has 0 aliphatic heterocycles. The first-order valence-corrected chi connectivity index (χ1v) is 10.3. The molecule has 146 valence electrons. The van der Waals surface area contributed by atoms with E-state index in [4.69, 9.17) is 0 Å². The number of carbonyl (C=O) groups is 1. The van der Waals surface area contributed by atoms with Crippen LogP contribution in [0.3, 0.4) is 0 Å². The van der Waals surface area contributed by atoms with Crippen molar-refractivity contribution in [3.05, 3.63) is 75.5 Å². The number of aryl methyl sites for hydroxylation is 2. The first kappa shape index (κ1) is 19.0. The second-order valence-corrected chi connectivity index (χ2v) is 7.62. The molecule has 0 spiro atoms. The van der Waals surface area contributed by atoms with E-state index in [9.17, 15) is 9.59 Å². The molecule has 0 saturated carbocycles. The molecule has 0 aliphatic rings. The predicted molar refractivity (Wildman–Crippen MR) is 116 cm³/mol. The monoisotopic (exact) mass is 404 g/mol. The summed E-state index contributed by atoms with van der Waals surface area (Å²) in [4.78, 5) is 29.6. The molecule has 29 heavy (non-hydrogen) atoms. The minimum absolute atomic E-state index is 0.198. The summed E-state index contributed by atoms with van der Waals surface area (Å²) in [6, 6.07) is 15.3. The third-order valence-electron chi connectivity index (χ3n) is 4.68. The summed E-state index contributed by atoms with van der Waals surface area (Å²) in [5.74, 6) is -0.393. The van der Waals surface area contributed by atoms with Crippen LogP contribution in [0.25, 0.3) is 22.0 Å². The number of anilines is 1. The summed E-state index contributed by atoms with van der Waals surface area (Å²) < 4.78 is 1.18. The van der Waals surface area contributed by atoms with Gasteiger partial charge in [-0.15, -0.1) is 11.3 Å². The van der Waals surface area contributed by atoms with Crippen LogP contribution in [0, 0.1) is 0 Å². The van der Waals surface area contributed by atoms with Crippen LogP contribution >= 0.6 is 11.3 Å². The van der Waals surface area contributed by atoms with Crippen molar-refractivity contribution in [1.82, 2.24) is 14.8 Å². The molecule has 2 aromatic carbocycles. The topological polar surface area (TPSA) is 76.9 Å². The number of thiazole rings is 1. The highest BCUT2D eigenvalue weighted by molar-refractivity contribution is 7.14. The van der Waals surface area contributed by atoms with Gasteiger partial charge in [0.25, 0.3) is 11.5 Å². The van der Waals surface area contributed by atoms with Gasteiger partial charge >= 0.3 is 0 Å². The van der Waals surface area contributed by atoms with Gasteiger partial charge in [0.1, 0.15) is 0 Å². The number of fused-ring (bicyclic) bond motifs is 1. The van der Waals surface area contributed by atoms with E-state index >= 15 is 0 Å². The van der Waals surface area contributed by atoms with Gasteiger partial charge in [-0.3, -0.25) is 14.9 Å². The Balaban J connectivity index is 1.60. The van der Waals surface area contributed by atoms with E-state index in [0.717, 1.165) is 24.1 Å². The molecule has 0 bridgehead atoms. The number of rotatable bonds is 5. The first-order chi connectivity index (χ1) is 14.1. The summed E-state index contributed by atoms with van der Waals surface area (Å²) in [7, 11) is 1.54. The molecule has 1 amide bonds. The molecule has 1 N–H and O–H groups in total. The molecule has 4 rings (SSSR count). The van der Waals surface area contributed by atoms with Crippen LogP contribution in [0.2, 0.25) is 0 Å². The highest BCUT2D eigenvalue weighted by atomic mass is 32.1. The second-order valence-electron chi connectivity index (χ2n) is 6.76. The molecule has 6 nitrogen and oxygen atoms in total. The molecule has 0 radical (unpaired) electrons. The molecule has 0 atom stereocenters. The fourth-order valence-electron chi connectivity index (χ4n) is 3.22. The molecule has 4 aromatic rings. The lowest BCUT2D eigenvalue weighted by Crippen LogP contribution is -2.25. The van der Waals surface area contributed by atoms with Gasteiger partial charge in [0.05, 0.1) is 11.1 Å². The number of carbonyl (C=O) groups excluding carboxylic acids is 1.